The topological polar surface area (TPSA) is 46.2 Å². The Kier molecular flexibility index (Phi) is 8.24. The van der Waals surface area contributed by atoms with E-state index in [1.54, 1.807) is 0 Å². The molecule has 0 saturated carbocycles. The summed E-state index contributed by atoms with van der Waals surface area (Å²) in [6.07, 6.45) is 1.10. The fourth-order valence-corrected chi connectivity index (χ4v) is 4.66. The molecule has 0 aromatic carbocycles. The lowest BCUT2D eigenvalue weighted by Crippen LogP contribution is -2.48. The standard InChI is InChI=1S/C14H30O5Si/c1-5-14(12-16-13-14)11-15-9-10-20(17-6-2,18-7-3)19-8-4/h5-13H2,1-4H3. The van der Waals surface area contributed by atoms with Gasteiger partial charge in [0.15, 0.2) is 0 Å². The van der Waals surface area contributed by atoms with Gasteiger partial charge in [0.05, 0.1) is 26.4 Å². The summed E-state index contributed by atoms with van der Waals surface area (Å²) in [4.78, 5) is 0. The zero-order valence-corrected chi connectivity index (χ0v) is 14.4. The van der Waals surface area contributed by atoms with E-state index in [2.05, 4.69) is 6.92 Å². The lowest BCUT2D eigenvalue weighted by atomic mass is 9.84. The zero-order valence-electron chi connectivity index (χ0n) is 13.4. The first-order valence-corrected chi connectivity index (χ1v) is 9.66. The van der Waals surface area contributed by atoms with Crippen molar-refractivity contribution < 1.29 is 22.8 Å². The molecule has 0 aromatic heterocycles. The van der Waals surface area contributed by atoms with Gasteiger partial charge in [-0.15, -0.1) is 0 Å². The molecule has 1 rings (SSSR count). The SMILES string of the molecule is CCO[Si](CCOCC1(CC)COC1)(OCC)OCC. The first-order valence-electron chi connectivity index (χ1n) is 7.73. The van der Waals surface area contributed by atoms with E-state index in [1.165, 1.54) is 0 Å². The summed E-state index contributed by atoms with van der Waals surface area (Å²) >= 11 is 0. The van der Waals surface area contributed by atoms with Crippen molar-refractivity contribution in [1.29, 1.82) is 0 Å². The monoisotopic (exact) mass is 306 g/mol. The first kappa shape index (κ1) is 18.1. The van der Waals surface area contributed by atoms with Gasteiger partial charge < -0.3 is 22.8 Å². The van der Waals surface area contributed by atoms with E-state index in [9.17, 15) is 0 Å². The van der Waals surface area contributed by atoms with E-state index in [0.29, 0.717) is 32.5 Å². The molecule has 1 aliphatic rings. The third-order valence-electron chi connectivity index (χ3n) is 3.62. The van der Waals surface area contributed by atoms with Crippen LogP contribution in [-0.4, -0.2) is 55.1 Å². The molecule has 0 radical (unpaired) electrons. The molecule has 0 amide bonds. The molecule has 0 atom stereocenters. The Hall–Kier alpha value is 0.0169. The van der Waals surface area contributed by atoms with Crippen molar-refractivity contribution in [2.75, 3.05) is 46.2 Å². The van der Waals surface area contributed by atoms with E-state index >= 15 is 0 Å². The van der Waals surface area contributed by atoms with Gasteiger partial charge in [0.1, 0.15) is 0 Å². The minimum atomic E-state index is -2.55. The maximum atomic E-state index is 5.84. The Bertz CT molecular complexity index is 235. The van der Waals surface area contributed by atoms with Crippen LogP contribution < -0.4 is 0 Å². The molecule has 1 aliphatic heterocycles. The highest BCUT2D eigenvalue weighted by Crippen LogP contribution is 2.31. The third-order valence-corrected chi connectivity index (χ3v) is 6.62. The van der Waals surface area contributed by atoms with E-state index in [0.717, 1.165) is 26.2 Å². The third kappa shape index (κ3) is 5.09. The van der Waals surface area contributed by atoms with Gasteiger partial charge in [-0.2, -0.15) is 0 Å². The molecule has 0 unspecified atom stereocenters. The Labute approximate surface area is 124 Å². The molecule has 0 spiro atoms. The predicted octanol–water partition coefficient (Wildman–Crippen LogP) is 2.48. The molecule has 0 aliphatic carbocycles. The fraction of sp³-hybridized carbons (Fsp3) is 1.00. The van der Waals surface area contributed by atoms with Crippen LogP contribution in [-0.2, 0) is 22.8 Å². The minimum absolute atomic E-state index is 0.229. The molecule has 6 heteroatoms. The summed E-state index contributed by atoms with van der Waals surface area (Å²) in [5.41, 5.74) is 0.229. The van der Waals surface area contributed by atoms with Crippen molar-refractivity contribution in [3.05, 3.63) is 0 Å². The van der Waals surface area contributed by atoms with Crippen LogP contribution in [0, 0.1) is 5.41 Å². The molecule has 0 bridgehead atoms. The molecule has 120 valence electrons. The summed E-state index contributed by atoms with van der Waals surface area (Å²) in [6, 6.07) is 0.711. The van der Waals surface area contributed by atoms with Gasteiger partial charge in [-0.3, -0.25) is 0 Å². The average molecular weight is 306 g/mol. The summed E-state index contributed by atoms with van der Waals surface area (Å²) in [5, 5.41) is 0. The van der Waals surface area contributed by atoms with Crippen molar-refractivity contribution in [3.8, 4) is 0 Å². The second-order valence-corrected chi connectivity index (χ2v) is 7.86. The molecular weight excluding hydrogens is 276 g/mol. The Morgan fingerprint density at radius 1 is 0.950 bits per heavy atom. The second kappa shape index (κ2) is 9.12. The molecule has 0 N–H and O–H groups in total. The van der Waals surface area contributed by atoms with Crippen molar-refractivity contribution in [2.45, 2.75) is 40.2 Å². The Morgan fingerprint density at radius 2 is 1.50 bits per heavy atom. The van der Waals surface area contributed by atoms with Gasteiger partial charge in [0, 0.05) is 31.3 Å². The minimum Gasteiger partial charge on any atom is -0.381 e. The van der Waals surface area contributed by atoms with Crippen molar-refractivity contribution in [1.82, 2.24) is 0 Å². The van der Waals surface area contributed by atoms with E-state index in [4.69, 9.17) is 22.8 Å². The highest BCUT2D eigenvalue weighted by Gasteiger charge is 2.41. The average Bonchev–Trinajstić information content (AvgIpc) is 2.38. The van der Waals surface area contributed by atoms with E-state index in [1.807, 2.05) is 20.8 Å². The maximum absolute atomic E-state index is 5.84. The van der Waals surface area contributed by atoms with E-state index in [-0.39, 0.29) is 5.41 Å². The highest BCUT2D eigenvalue weighted by atomic mass is 28.4. The van der Waals surface area contributed by atoms with Crippen LogP contribution in [0.1, 0.15) is 34.1 Å². The largest absolute Gasteiger partial charge is 0.503 e. The summed E-state index contributed by atoms with van der Waals surface area (Å²) in [6.45, 7) is 12.9. The van der Waals surface area contributed by atoms with Crippen molar-refractivity contribution in [2.24, 2.45) is 5.41 Å². The maximum Gasteiger partial charge on any atom is 0.503 e. The van der Waals surface area contributed by atoms with E-state index < -0.39 is 8.80 Å². The van der Waals surface area contributed by atoms with Crippen LogP contribution in [0.2, 0.25) is 6.04 Å². The number of hydrogen-bond donors (Lipinski definition) is 0. The lowest BCUT2D eigenvalue weighted by molar-refractivity contribution is -0.149. The Balaban J connectivity index is 2.36. The second-order valence-electron chi connectivity index (χ2n) is 5.13. The van der Waals surface area contributed by atoms with Crippen LogP contribution >= 0.6 is 0 Å². The first-order chi connectivity index (χ1) is 9.66. The lowest BCUT2D eigenvalue weighted by Gasteiger charge is -2.40. The van der Waals surface area contributed by atoms with Crippen molar-refractivity contribution >= 4 is 8.80 Å². The summed E-state index contributed by atoms with van der Waals surface area (Å²) in [7, 11) is -2.55. The van der Waals surface area contributed by atoms with Gasteiger partial charge in [-0.25, -0.2) is 0 Å². The molecule has 1 saturated heterocycles. The smallest absolute Gasteiger partial charge is 0.381 e. The molecule has 1 heterocycles. The fourth-order valence-electron chi connectivity index (χ4n) is 2.27. The van der Waals surface area contributed by atoms with Crippen LogP contribution in [0.3, 0.4) is 0 Å². The summed E-state index contributed by atoms with van der Waals surface area (Å²) in [5.74, 6) is 0. The normalized spacial score (nSPS) is 18.0. The highest BCUT2D eigenvalue weighted by molar-refractivity contribution is 6.60. The van der Waals surface area contributed by atoms with Gasteiger partial charge in [-0.05, 0) is 27.2 Å². The van der Waals surface area contributed by atoms with Crippen LogP contribution in [0.25, 0.3) is 0 Å². The van der Waals surface area contributed by atoms with Gasteiger partial charge in [0.25, 0.3) is 0 Å². The van der Waals surface area contributed by atoms with Crippen molar-refractivity contribution in [3.63, 3.8) is 0 Å². The summed E-state index contributed by atoms with van der Waals surface area (Å²) < 4.78 is 28.5. The Morgan fingerprint density at radius 3 is 1.85 bits per heavy atom. The molecule has 0 aromatic rings. The predicted molar refractivity (Wildman–Crippen MR) is 79.8 cm³/mol. The molecule has 1 fully saturated rings. The molecular formula is C14H30O5Si. The van der Waals surface area contributed by atoms with Crippen LogP contribution in [0.4, 0.5) is 0 Å². The number of hydrogen-bond acceptors (Lipinski definition) is 5. The van der Waals surface area contributed by atoms with Crippen LogP contribution in [0.5, 0.6) is 0 Å². The van der Waals surface area contributed by atoms with Crippen LogP contribution in [0.15, 0.2) is 0 Å². The van der Waals surface area contributed by atoms with Gasteiger partial charge in [-0.1, -0.05) is 6.92 Å². The molecule has 5 nitrogen and oxygen atoms in total. The van der Waals surface area contributed by atoms with Gasteiger partial charge >= 0.3 is 8.80 Å². The van der Waals surface area contributed by atoms with Gasteiger partial charge in [0.2, 0.25) is 0 Å². The molecule has 20 heavy (non-hydrogen) atoms. The number of ether oxygens (including phenoxy) is 2. The zero-order chi connectivity index (χ0) is 14.9. The quantitative estimate of drug-likeness (QED) is 0.409. The number of rotatable bonds is 12.